The van der Waals surface area contributed by atoms with Crippen LogP contribution in [-0.2, 0) is 4.79 Å². The van der Waals surface area contributed by atoms with E-state index in [2.05, 4.69) is 5.32 Å². The van der Waals surface area contributed by atoms with Gasteiger partial charge in [-0.05, 0) is 43.1 Å². The molecule has 5 nitrogen and oxygen atoms in total. The molecule has 6 heteroatoms. The second kappa shape index (κ2) is 8.72. The SMILES string of the molecule is Cl.N=C(N)NC[C@H]1CC[C@H](C(=O)Oc2cccc3ccccc23)CC1. The van der Waals surface area contributed by atoms with Crippen LogP contribution in [0.25, 0.3) is 10.8 Å². The van der Waals surface area contributed by atoms with Crippen LogP contribution in [0.4, 0.5) is 0 Å². The van der Waals surface area contributed by atoms with E-state index in [0.29, 0.717) is 18.2 Å². The summed E-state index contributed by atoms with van der Waals surface area (Å²) >= 11 is 0. The van der Waals surface area contributed by atoms with Crippen molar-refractivity contribution in [1.29, 1.82) is 5.41 Å². The van der Waals surface area contributed by atoms with Crippen LogP contribution in [0.3, 0.4) is 0 Å². The third-order valence-corrected chi connectivity index (χ3v) is 4.72. The number of hydrogen-bond acceptors (Lipinski definition) is 3. The van der Waals surface area contributed by atoms with E-state index in [-0.39, 0.29) is 30.3 Å². The molecule has 4 N–H and O–H groups in total. The minimum absolute atomic E-state index is 0. The van der Waals surface area contributed by atoms with E-state index in [9.17, 15) is 4.79 Å². The maximum atomic E-state index is 12.5. The summed E-state index contributed by atoms with van der Waals surface area (Å²) in [6.07, 6.45) is 3.56. The zero-order valence-electron chi connectivity index (χ0n) is 14.0. The van der Waals surface area contributed by atoms with Gasteiger partial charge >= 0.3 is 5.97 Å². The van der Waals surface area contributed by atoms with Gasteiger partial charge in [-0.2, -0.15) is 0 Å². The first-order valence-electron chi connectivity index (χ1n) is 8.41. The molecule has 0 spiro atoms. The molecule has 3 rings (SSSR count). The number of rotatable bonds is 4. The summed E-state index contributed by atoms with van der Waals surface area (Å²) in [6, 6.07) is 13.7. The summed E-state index contributed by atoms with van der Waals surface area (Å²) < 4.78 is 5.69. The van der Waals surface area contributed by atoms with Crippen LogP contribution in [0.5, 0.6) is 5.75 Å². The third kappa shape index (κ3) is 4.86. The first-order chi connectivity index (χ1) is 11.6. The Morgan fingerprint density at radius 1 is 1.12 bits per heavy atom. The fourth-order valence-corrected chi connectivity index (χ4v) is 3.33. The molecule has 0 unspecified atom stereocenters. The normalized spacial score (nSPS) is 19.7. The Morgan fingerprint density at radius 2 is 1.80 bits per heavy atom. The monoisotopic (exact) mass is 361 g/mol. The zero-order valence-corrected chi connectivity index (χ0v) is 14.9. The van der Waals surface area contributed by atoms with Gasteiger partial charge in [0, 0.05) is 11.9 Å². The number of carbonyl (C=O) groups excluding carboxylic acids is 1. The minimum Gasteiger partial charge on any atom is -0.426 e. The van der Waals surface area contributed by atoms with Crippen molar-refractivity contribution in [3.05, 3.63) is 42.5 Å². The highest BCUT2D eigenvalue weighted by Gasteiger charge is 2.28. The summed E-state index contributed by atoms with van der Waals surface area (Å²) in [5.41, 5.74) is 5.31. The molecule has 1 aliphatic rings. The number of hydrogen-bond donors (Lipinski definition) is 3. The predicted octanol–water partition coefficient (Wildman–Crippen LogP) is 3.46. The number of fused-ring (bicyclic) bond motifs is 1. The van der Waals surface area contributed by atoms with E-state index in [1.54, 1.807) is 0 Å². The fourth-order valence-electron chi connectivity index (χ4n) is 3.33. The lowest BCUT2D eigenvalue weighted by Crippen LogP contribution is -2.36. The van der Waals surface area contributed by atoms with Crippen molar-refractivity contribution in [3.8, 4) is 5.75 Å². The van der Waals surface area contributed by atoms with Crippen LogP contribution < -0.4 is 15.8 Å². The summed E-state index contributed by atoms with van der Waals surface area (Å²) in [5, 5.41) is 12.1. The number of halogens is 1. The molecule has 25 heavy (non-hydrogen) atoms. The van der Waals surface area contributed by atoms with Crippen LogP contribution in [0.1, 0.15) is 25.7 Å². The van der Waals surface area contributed by atoms with Crippen LogP contribution in [0.15, 0.2) is 42.5 Å². The van der Waals surface area contributed by atoms with Gasteiger partial charge in [-0.15, -0.1) is 12.4 Å². The highest BCUT2D eigenvalue weighted by atomic mass is 35.5. The summed E-state index contributed by atoms with van der Waals surface area (Å²) in [6.45, 7) is 0.709. The van der Waals surface area contributed by atoms with Gasteiger partial charge in [0.2, 0.25) is 0 Å². The zero-order chi connectivity index (χ0) is 16.9. The van der Waals surface area contributed by atoms with E-state index >= 15 is 0 Å². The standard InChI is InChI=1S/C19H23N3O2.ClH/c20-19(21)22-12-13-8-10-15(11-9-13)18(23)24-17-7-3-5-14-4-1-2-6-16(14)17;/h1-7,13,15H,8-12H2,(H4,20,21,22);1H/t13-,15-;. The summed E-state index contributed by atoms with van der Waals surface area (Å²) in [7, 11) is 0. The Hall–Kier alpha value is -2.27. The molecule has 2 aromatic carbocycles. The van der Waals surface area contributed by atoms with E-state index in [4.69, 9.17) is 15.9 Å². The smallest absolute Gasteiger partial charge is 0.314 e. The molecule has 1 fully saturated rings. The number of guanidine groups is 1. The van der Waals surface area contributed by atoms with Gasteiger partial charge < -0.3 is 15.8 Å². The van der Waals surface area contributed by atoms with E-state index in [1.165, 1.54) is 0 Å². The molecule has 1 aliphatic carbocycles. The molecule has 134 valence electrons. The average molecular weight is 362 g/mol. The second-order valence-electron chi connectivity index (χ2n) is 6.41. The van der Waals surface area contributed by atoms with E-state index in [1.807, 2.05) is 42.5 Å². The van der Waals surface area contributed by atoms with Crippen molar-refractivity contribution in [3.63, 3.8) is 0 Å². The molecular weight excluding hydrogens is 338 g/mol. The molecule has 0 bridgehead atoms. The van der Waals surface area contributed by atoms with Crippen LogP contribution in [0, 0.1) is 17.2 Å². The lowest BCUT2D eigenvalue weighted by Gasteiger charge is -2.27. The Balaban J connectivity index is 0.00000225. The molecular formula is C19H24ClN3O2. The largest absolute Gasteiger partial charge is 0.426 e. The molecule has 0 aliphatic heterocycles. The third-order valence-electron chi connectivity index (χ3n) is 4.72. The van der Waals surface area contributed by atoms with Crippen molar-refractivity contribution in [1.82, 2.24) is 5.32 Å². The molecule has 0 heterocycles. The van der Waals surface area contributed by atoms with Gasteiger partial charge in [-0.3, -0.25) is 10.2 Å². The van der Waals surface area contributed by atoms with Crippen LogP contribution in [0.2, 0.25) is 0 Å². The highest BCUT2D eigenvalue weighted by molar-refractivity contribution is 5.90. The highest BCUT2D eigenvalue weighted by Crippen LogP contribution is 2.31. The minimum atomic E-state index is -0.135. The van der Waals surface area contributed by atoms with Crippen molar-refractivity contribution in [2.45, 2.75) is 25.7 Å². The van der Waals surface area contributed by atoms with E-state index in [0.717, 1.165) is 36.5 Å². The summed E-state index contributed by atoms with van der Waals surface area (Å²) in [4.78, 5) is 12.5. The molecule has 0 atom stereocenters. The van der Waals surface area contributed by atoms with Crippen molar-refractivity contribution < 1.29 is 9.53 Å². The lowest BCUT2D eigenvalue weighted by molar-refractivity contribution is -0.140. The maximum absolute atomic E-state index is 12.5. The Morgan fingerprint density at radius 3 is 2.52 bits per heavy atom. The second-order valence-corrected chi connectivity index (χ2v) is 6.41. The molecule has 0 aromatic heterocycles. The van der Waals surface area contributed by atoms with Crippen molar-refractivity contribution in [2.75, 3.05) is 6.54 Å². The van der Waals surface area contributed by atoms with Crippen LogP contribution >= 0.6 is 12.4 Å². The number of nitrogens with two attached hydrogens (primary N) is 1. The molecule has 0 radical (unpaired) electrons. The topological polar surface area (TPSA) is 88.2 Å². The van der Waals surface area contributed by atoms with Gasteiger partial charge in [0.05, 0.1) is 5.92 Å². The number of ether oxygens (including phenoxy) is 1. The van der Waals surface area contributed by atoms with Gasteiger partial charge in [0.1, 0.15) is 5.75 Å². The summed E-state index contributed by atoms with van der Waals surface area (Å²) in [5.74, 6) is 0.934. The fraction of sp³-hybridized carbons (Fsp3) is 0.368. The Kier molecular flexibility index (Phi) is 6.65. The van der Waals surface area contributed by atoms with Crippen molar-refractivity contribution in [2.24, 2.45) is 17.6 Å². The molecule has 2 aromatic rings. The maximum Gasteiger partial charge on any atom is 0.314 e. The van der Waals surface area contributed by atoms with Crippen molar-refractivity contribution >= 4 is 35.1 Å². The number of benzene rings is 2. The number of carbonyl (C=O) groups is 1. The number of nitrogens with one attached hydrogen (secondary N) is 2. The first-order valence-corrected chi connectivity index (χ1v) is 8.41. The Bertz CT molecular complexity index is 737. The average Bonchev–Trinajstić information content (AvgIpc) is 2.60. The molecule has 1 saturated carbocycles. The molecule has 0 saturated heterocycles. The Labute approximate surface area is 153 Å². The van der Waals surface area contributed by atoms with Gasteiger partial charge in [0.15, 0.2) is 5.96 Å². The van der Waals surface area contributed by atoms with Gasteiger partial charge in [0.25, 0.3) is 0 Å². The van der Waals surface area contributed by atoms with E-state index < -0.39 is 0 Å². The van der Waals surface area contributed by atoms with Gasteiger partial charge in [-0.1, -0.05) is 36.4 Å². The first kappa shape index (κ1) is 19.1. The van der Waals surface area contributed by atoms with Crippen LogP contribution in [-0.4, -0.2) is 18.5 Å². The lowest BCUT2D eigenvalue weighted by atomic mass is 9.82. The predicted molar refractivity (Wildman–Crippen MR) is 102 cm³/mol. The molecule has 0 amide bonds. The quantitative estimate of drug-likeness (QED) is 0.337. The van der Waals surface area contributed by atoms with Gasteiger partial charge in [-0.25, -0.2) is 0 Å². The number of esters is 1.